The van der Waals surface area contributed by atoms with Gasteiger partial charge in [0, 0.05) is 28.0 Å². The van der Waals surface area contributed by atoms with Crippen molar-refractivity contribution in [2.45, 2.75) is 6.61 Å². The van der Waals surface area contributed by atoms with E-state index in [1.54, 1.807) is 29.6 Å². The highest BCUT2D eigenvalue weighted by molar-refractivity contribution is 9.10. The number of ether oxygens (including phenoxy) is 1. The lowest BCUT2D eigenvalue weighted by molar-refractivity contribution is 0.304. The first kappa shape index (κ1) is 18.5. The Hall–Kier alpha value is -2.85. The fourth-order valence-corrected chi connectivity index (χ4v) is 3.59. The third kappa shape index (κ3) is 3.60. The van der Waals surface area contributed by atoms with E-state index in [-0.39, 0.29) is 18.1 Å². The first-order chi connectivity index (χ1) is 13.5. The molecular formula is C18H13BrFN5O2S. The number of hydrogen-bond donors (Lipinski definition) is 0. The fraction of sp³-hybridized carbons (Fsp3) is 0.111. The zero-order valence-electron chi connectivity index (χ0n) is 14.5. The van der Waals surface area contributed by atoms with Crippen LogP contribution in [0.5, 0.6) is 5.19 Å². The van der Waals surface area contributed by atoms with Gasteiger partial charge in [0.15, 0.2) is 0 Å². The number of para-hydroxylation sites is 1. The van der Waals surface area contributed by atoms with Crippen molar-refractivity contribution < 1.29 is 9.13 Å². The average Bonchev–Trinajstić information content (AvgIpc) is 3.28. The Morgan fingerprint density at radius 1 is 1.21 bits per heavy atom. The molecule has 10 heteroatoms. The molecule has 0 fully saturated rings. The molecule has 0 saturated heterocycles. The van der Waals surface area contributed by atoms with Gasteiger partial charge in [0.25, 0.3) is 5.19 Å². The van der Waals surface area contributed by atoms with E-state index in [1.807, 2.05) is 12.1 Å². The predicted molar refractivity (Wildman–Crippen MR) is 106 cm³/mol. The van der Waals surface area contributed by atoms with Crippen molar-refractivity contribution in [3.8, 4) is 22.1 Å². The number of nitrogens with zero attached hydrogens (tertiary/aromatic N) is 5. The summed E-state index contributed by atoms with van der Waals surface area (Å²) in [5, 5.41) is 9.73. The van der Waals surface area contributed by atoms with E-state index in [9.17, 15) is 9.18 Å². The van der Waals surface area contributed by atoms with Crippen molar-refractivity contribution in [1.82, 2.24) is 24.8 Å². The number of tetrazole rings is 1. The molecule has 0 N–H and O–H groups in total. The normalized spacial score (nSPS) is 11.0. The van der Waals surface area contributed by atoms with E-state index >= 15 is 0 Å². The van der Waals surface area contributed by atoms with Crippen LogP contribution in [0.2, 0.25) is 0 Å². The average molecular weight is 462 g/mol. The number of halogens is 2. The molecule has 7 nitrogen and oxygen atoms in total. The minimum absolute atomic E-state index is 0.176. The molecule has 2 aromatic carbocycles. The summed E-state index contributed by atoms with van der Waals surface area (Å²) in [6, 6.07) is 12.1. The molecule has 2 heterocycles. The van der Waals surface area contributed by atoms with Crippen LogP contribution in [0.25, 0.3) is 16.9 Å². The molecule has 0 aliphatic heterocycles. The number of rotatable bonds is 5. The topological polar surface area (TPSA) is 74.8 Å². The Labute approximate surface area is 171 Å². The second kappa shape index (κ2) is 7.64. The van der Waals surface area contributed by atoms with E-state index in [0.29, 0.717) is 26.6 Å². The summed E-state index contributed by atoms with van der Waals surface area (Å²) in [7, 11) is 1.53. The first-order valence-electron chi connectivity index (χ1n) is 8.14. The Balaban J connectivity index is 1.56. The monoisotopic (exact) mass is 461 g/mol. The molecule has 4 aromatic rings. The Morgan fingerprint density at radius 3 is 2.79 bits per heavy atom. The summed E-state index contributed by atoms with van der Waals surface area (Å²) in [6.07, 6.45) is 0. The summed E-state index contributed by atoms with van der Waals surface area (Å²) in [4.78, 5) is 16.5. The van der Waals surface area contributed by atoms with Crippen molar-refractivity contribution in [2.24, 2.45) is 7.05 Å². The first-order valence-corrected chi connectivity index (χ1v) is 9.81. The molecule has 0 radical (unpaired) electrons. The van der Waals surface area contributed by atoms with Crippen LogP contribution in [-0.2, 0) is 13.7 Å². The lowest BCUT2D eigenvalue weighted by Gasteiger charge is -2.08. The lowest BCUT2D eigenvalue weighted by Crippen LogP contribution is -2.23. The van der Waals surface area contributed by atoms with Gasteiger partial charge in [-0.1, -0.05) is 45.5 Å². The highest BCUT2D eigenvalue weighted by atomic mass is 79.9. The van der Waals surface area contributed by atoms with E-state index < -0.39 is 0 Å². The number of hydrogen-bond acceptors (Lipinski definition) is 6. The van der Waals surface area contributed by atoms with Crippen LogP contribution < -0.4 is 10.4 Å². The van der Waals surface area contributed by atoms with Crippen LogP contribution in [0.4, 0.5) is 4.39 Å². The van der Waals surface area contributed by atoms with Gasteiger partial charge in [0.05, 0.1) is 11.4 Å². The van der Waals surface area contributed by atoms with Crippen LogP contribution in [0, 0.1) is 5.82 Å². The maximum atomic E-state index is 14.1. The van der Waals surface area contributed by atoms with Crippen LogP contribution in [0.3, 0.4) is 0 Å². The van der Waals surface area contributed by atoms with Gasteiger partial charge in [-0.3, -0.25) is 0 Å². The molecule has 142 valence electrons. The highest BCUT2D eigenvalue weighted by Gasteiger charge is 2.13. The molecule has 0 bridgehead atoms. The molecule has 0 atom stereocenters. The minimum Gasteiger partial charge on any atom is -0.465 e. The number of benzene rings is 2. The molecule has 0 spiro atoms. The van der Waals surface area contributed by atoms with Crippen molar-refractivity contribution in [3.63, 3.8) is 0 Å². The van der Waals surface area contributed by atoms with E-state index in [0.717, 1.165) is 10.2 Å². The number of aromatic nitrogens is 5. The van der Waals surface area contributed by atoms with Gasteiger partial charge < -0.3 is 4.74 Å². The third-order valence-corrected chi connectivity index (χ3v) is 5.23. The molecular weight excluding hydrogens is 449 g/mol. The SMILES string of the molecule is Cn1nnn(-c2ccccc2COc2nc(-c3ccc(Br)cc3F)cs2)c1=O. The van der Waals surface area contributed by atoms with Gasteiger partial charge in [-0.05, 0) is 34.7 Å². The second-order valence-corrected chi connectivity index (χ2v) is 7.57. The van der Waals surface area contributed by atoms with Crippen molar-refractivity contribution in [3.05, 3.63) is 74.2 Å². The van der Waals surface area contributed by atoms with Crippen molar-refractivity contribution in [1.29, 1.82) is 0 Å². The van der Waals surface area contributed by atoms with E-state index in [2.05, 4.69) is 31.3 Å². The molecule has 0 unspecified atom stereocenters. The summed E-state index contributed by atoms with van der Waals surface area (Å²) >= 11 is 4.51. The van der Waals surface area contributed by atoms with Crippen LogP contribution in [-0.4, -0.2) is 24.8 Å². The predicted octanol–water partition coefficient (Wildman–Crippen LogP) is 3.57. The summed E-state index contributed by atoms with van der Waals surface area (Å²) < 4.78 is 22.9. The van der Waals surface area contributed by atoms with Crippen molar-refractivity contribution >= 4 is 27.3 Å². The maximum absolute atomic E-state index is 14.1. The molecule has 28 heavy (non-hydrogen) atoms. The largest absolute Gasteiger partial charge is 0.465 e. The van der Waals surface area contributed by atoms with E-state index in [4.69, 9.17) is 4.74 Å². The van der Waals surface area contributed by atoms with E-state index in [1.165, 1.54) is 29.1 Å². The molecule has 0 amide bonds. The zero-order chi connectivity index (χ0) is 19.7. The lowest BCUT2D eigenvalue weighted by atomic mass is 10.2. The van der Waals surface area contributed by atoms with Crippen LogP contribution in [0.15, 0.2) is 57.1 Å². The summed E-state index contributed by atoms with van der Waals surface area (Å²) in [5.74, 6) is -0.362. The van der Waals surface area contributed by atoms with Gasteiger partial charge in [-0.25, -0.2) is 14.2 Å². The summed E-state index contributed by atoms with van der Waals surface area (Å²) in [6.45, 7) is 0.176. The van der Waals surface area contributed by atoms with Crippen LogP contribution >= 0.6 is 27.3 Å². The van der Waals surface area contributed by atoms with Gasteiger partial charge >= 0.3 is 5.69 Å². The highest BCUT2D eigenvalue weighted by Crippen LogP contribution is 2.30. The standard InChI is InChI=1S/C18H13BrFN5O2S/c1-24-18(26)25(23-22-24)16-5-3-2-4-11(16)9-27-17-21-15(10-28-17)13-7-6-12(19)8-14(13)20/h2-8,10H,9H2,1H3. The van der Waals surface area contributed by atoms with Gasteiger partial charge in [0.2, 0.25) is 0 Å². The molecule has 0 aliphatic carbocycles. The fourth-order valence-electron chi connectivity index (χ4n) is 2.59. The Morgan fingerprint density at radius 2 is 2.04 bits per heavy atom. The van der Waals surface area contributed by atoms with Gasteiger partial charge in [-0.15, -0.1) is 0 Å². The molecule has 2 aromatic heterocycles. The van der Waals surface area contributed by atoms with Gasteiger partial charge in [-0.2, -0.15) is 9.36 Å². The second-order valence-electron chi connectivity index (χ2n) is 5.84. The maximum Gasteiger partial charge on any atom is 0.368 e. The smallest absolute Gasteiger partial charge is 0.368 e. The Bertz CT molecular complexity index is 1200. The molecule has 0 saturated carbocycles. The number of thiazole rings is 1. The quantitative estimate of drug-likeness (QED) is 0.454. The van der Waals surface area contributed by atoms with Crippen molar-refractivity contribution in [2.75, 3.05) is 0 Å². The minimum atomic E-state index is -0.362. The third-order valence-electron chi connectivity index (χ3n) is 3.98. The van der Waals surface area contributed by atoms with Crippen LogP contribution in [0.1, 0.15) is 5.56 Å². The Kier molecular flexibility index (Phi) is 5.05. The number of aryl methyl sites for hydroxylation is 1. The molecule has 0 aliphatic rings. The molecule has 4 rings (SSSR count). The van der Waals surface area contributed by atoms with Gasteiger partial charge in [0.1, 0.15) is 12.4 Å². The zero-order valence-corrected chi connectivity index (χ0v) is 16.9. The summed E-state index contributed by atoms with van der Waals surface area (Å²) in [5.41, 5.74) is 1.88.